The van der Waals surface area contributed by atoms with Gasteiger partial charge in [0.1, 0.15) is 5.82 Å². The number of aromatic nitrogens is 2. The first-order chi connectivity index (χ1) is 5.25. The third-order valence-corrected chi connectivity index (χ3v) is 1.57. The predicted molar refractivity (Wildman–Crippen MR) is 41.0 cm³/mol. The van der Waals surface area contributed by atoms with Gasteiger partial charge in [0.25, 0.3) is 0 Å². The van der Waals surface area contributed by atoms with Crippen molar-refractivity contribution in [1.82, 2.24) is 9.97 Å². The van der Waals surface area contributed by atoms with Crippen LogP contribution < -0.4 is 0 Å². The van der Waals surface area contributed by atoms with E-state index in [4.69, 9.17) is 0 Å². The second-order valence-electron chi connectivity index (χ2n) is 2.50. The maximum Gasteiger partial charge on any atom is 0.180 e. The molecular weight excluding hydrogens is 140 g/mol. The van der Waals surface area contributed by atoms with Gasteiger partial charge in [-0.1, -0.05) is 0 Å². The average molecular weight is 147 g/mol. The molecule has 0 saturated carbocycles. The van der Waals surface area contributed by atoms with Crippen molar-refractivity contribution in [2.24, 2.45) is 0 Å². The van der Waals surface area contributed by atoms with Gasteiger partial charge in [-0.15, -0.1) is 0 Å². The van der Waals surface area contributed by atoms with Crippen LogP contribution in [-0.2, 0) is 5.11 Å². The van der Waals surface area contributed by atoms with Crippen molar-refractivity contribution in [1.29, 1.82) is 0 Å². The minimum atomic E-state index is 0.00370. The summed E-state index contributed by atoms with van der Waals surface area (Å²) in [5.41, 5.74) is 1.66. The second kappa shape index (κ2) is 1.99. The lowest BCUT2D eigenvalue weighted by atomic mass is 10.3. The zero-order valence-electron chi connectivity index (χ0n) is 6.09. The maximum absolute atomic E-state index is 10.8. The Morgan fingerprint density at radius 1 is 1.45 bits per heavy atom. The molecule has 0 atom stereocenters. The first-order valence-corrected chi connectivity index (χ1v) is 3.39. The van der Waals surface area contributed by atoms with Crippen LogP contribution in [-0.4, -0.2) is 9.97 Å². The lowest BCUT2D eigenvalue weighted by Crippen LogP contribution is -1.68. The summed E-state index contributed by atoms with van der Waals surface area (Å²) in [4.78, 5) is 7.15. The molecule has 55 valence electrons. The van der Waals surface area contributed by atoms with E-state index < -0.39 is 0 Å². The second-order valence-corrected chi connectivity index (χ2v) is 2.50. The van der Waals surface area contributed by atoms with Crippen LogP contribution in [0, 0.1) is 6.92 Å². The van der Waals surface area contributed by atoms with Crippen molar-refractivity contribution >= 4 is 11.0 Å². The fourth-order valence-electron chi connectivity index (χ4n) is 1.11. The van der Waals surface area contributed by atoms with Crippen LogP contribution in [0.25, 0.3) is 11.0 Å². The van der Waals surface area contributed by atoms with E-state index in [1.54, 1.807) is 6.07 Å². The lowest BCUT2D eigenvalue weighted by Gasteiger charge is -1.85. The molecule has 0 aliphatic rings. The number of rotatable bonds is 0. The zero-order chi connectivity index (χ0) is 7.84. The minimum Gasteiger partial charge on any atom is -0.342 e. The molecule has 2 aromatic rings. The summed E-state index contributed by atoms with van der Waals surface area (Å²) in [6, 6.07) is 4.80. The van der Waals surface area contributed by atoms with Crippen molar-refractivity contribution in [3.8, 4) is 5.75 Å². The molecule has 2 rings (SSSR count). The highest BCUT2D eigenvalue weighted by atomic mass is 16.3. The highest BCUT2D eigenvalue weighted by Crippen LogP contribution is 2.17. The van der Waals surface area contributed by atoms with Gasteiger partial charge in [0.15, 0.2) is 5.75 Å². The summed E-state index contributed by atoms with van der Waals surface area (Å²) < 4.78 is 0. The summed E-state index contributed by atoms with van der Waals surface area (Å²) in [6.07, 6.45) is 0. The van der Waals surface area contributed by atoms with Crippen molar-refractivity contribution in [2.45, 2.75) is 6.92 Å². The molecule has 1 aromatic heterocycles. The monoisotopic (exact) mass is 147 g/mol. The molecule has 1 N–H and O–H groups in total. The van der Waals surface area contributed by atoms with E-state index in [2.05, 4.69) is 9.97 Å². The van der Waals surface area contributed by atoms with Crippen LogP contribution >= 0.6 is 0 Å². The van der Waals surface area contributed by atoms with E-state index in [1.165, 1.54) is 12.1 Å². The molecule has 1 heterocycles. The van der Waals surface area contributed by atoms with Gasteiger partial charge in [-0.3, -0.25) is 5.11 Å². The number of aromatic amines is 1. The quantitative estimate of drug-likeness (QED) is 0.608. The summed E-state index contributed by atoms with van der Waals surface area (Å²) in [6.45, 7) is 1.87. The van der Waals surface area contributed by atoms with Gasteiger partial charge >= 0.3 is 0 Å². The number of hydrogen-bond donors (Lipinski definition) is 1. The Kier molecular flexibility index (Phi) is 1.12. The smallest absolute Gasteiger partial charge is 0.180 e. The van der Waals surface area contributed by atoms with Gasteiger partial charge in [0, 0.05) is 6.07 Å². The van der Waals surface area contributed by atoms with Crippen LogP contribution in [0.15, 0.2) is 18.2 Å². The molecule has 1 aromatic carbocycles. The molecule has 0 fully saturated rings. The van der Waals surface area contributed by atoms with Crippen LogP contribution in [0.1, 0.15) is 5.82 Å². The largest absolute Gasteiger partial charge is 0.342 e. The molecule has 0 unspecified atom stereocenters. The van der Waals surface area contributed by atoms with Crippen molar-refractivity contribution in [2.75, 3.05) is 0 Å². The first-order valence-electron chi connectivity index (χ1n) is 3.39. The molecule has 1 radical (unpaired) electrons. The Labute approximate surface area is 63.7 Å². The number of hydrogen-bond acceptors (Lipinski definition) is 1. The Balaban J connectivity index is 2.82. The molecule has 0 bridgehead atoms. The van der Waals surface area contributed by atoms with Crippen LogP contribution in [0.2, 0.25) is 0 Å². The average Bonchev–Trinajstić information content (AvgIpc) is 2.27. The topological polar surface area (TPSA) is 48.6 Å². The normalized spacial score (nSPS) is 10.6. The van der Waals surface area contributed by atoms with E-state index in [0.29, 0.717) is 0 Å². The summed E-state index contributed by atoms with van der Waals surface area (Å²) in [7, 11) is 0. The van der Waals surface area contributed by atoms with Crippen LogP contribution in [0.3, 0.4) is 0 Å². The van der Waals surface area contributed by atoms with E-state index >= 15 is 0 Å². The zero-order valence-corrected chi connectivity index (χ0v) is 6.09. The van der Waals surface area contributed by atoms with Gasteiger partial charge in [-0.2, -0.15) is 0 Å². The molecule has 11 heavy (non-hydrogen) atoms. The Morgan fingerprint density at radius 3 is 3.09 bits per heavy atom. The number of imidazole rings is 1. The predicted octanol–water partition coefficient (Wildman–Crippen LogP) is 2.02. The molecular formula is C8H7N2O. The number of nitrogens with one attached hydrogen (secondary N) is 1. The molecule has 0 saturated heterocycles. The summed E-state index contributed by atoms with van der Waals surface area (Å²) in [5.74, 6) is 0.842. The van der Waals surface area contributed by atoms with Crippen molar-refractivity contribution < 1.29 is 5.11 Å². The van der Waals surface area contributed by atoms with Crippen molar-refractivity contribution in [3.63, 3.8) is 0 Å². The van der Waals surface area contributed by atoms with Gasteiger partial charge < -0.3 is 4.98 Å². The van der Waals surface area contributed by atoms with E-state index in [-0.39, 0.29) is 5.75 Å². The first kappa shape index (κ1) is 6.22. The minimum absolute atomic E-state index is 0.00370. The fraction of sp³-hybridized carbons (Fsp3) is 0.125. The molecule has 3 heteroatoms. The molecule has 0 spiro atoms. The van der Waals surface area contributed by atoms with Gasteiger partial charge in [-0.25, -0.2) is 4.98 Å². The number of aryl methyl sites for hydroxylation is 1. The lowest BCUT2D eigenvalue weighted by molar-refractivity contribution is 0.355. The van der Waals surface area contributed by atoms with Crippen LogP contribution in [0.5, 0.6) is 5.75 Å². The molecule has 3 nitrogen and oxygen atoms in total. The number of benzene rings is 1. The van der Waals surface area contributed by atoms with Gasteiger partial charge in [-0.05, 0) is 19.1 Å². The Bertz CT molecular complexity index is 392. The van der Waals surface area contributed by atoms with E-state index in [0.717, 1.165) is 16.9 Å². The van der Waals surface area contributed by atoms with Crippen molar-refractivity contribution in [3.05, 3.63) is 24.0 Å². The number of nitrogens with zero attached hydrogens (tertiary/aromatic N) is 1. The number of fused-ring (bicyclic) bond motifs is 1. The van der Waals surface area contributed by atoms with E-state index in [1.807, 2.05) is 6.92 Å². The summed E-state index contributed by atoms with van der Waals surface area (Å²) in [5, 5.41) is 10.8. The van der Waals surface area contributed by atoms with Crippen LogP contribution in [0.4, 0.5) is 0 Å². The number of H-pyrrole nitrogens is 1. The standard InChI is InChI=1S/C8H7N2O/c1-5-9-7-3-2-6(11)4-8(7)10-5/h2-4H,1H3,(H,9,10). The fourth-order valence-corrected chi connectivity index (χ4v) is 1.11. The molecule has 0 amide bonds. The summed E-state index contributed by atoms with van der Waals surface area (Å²) >= 11 is 0. The van der Waals surface area contributed by atoms with E-state index in [9.17, 15) is 5.11 Å². The highest BCUT2D eigenvalue weighted by molar-refractivity contribution is 5.76. The third-order valence-electron chi connectivity index (χ3n) is 1.57. The Morgan fingerprint density at radius 2 is 2.27 bits per heavy atom. The highest BCUT2D eigenvalue weighted by Gasteiger charge is 1.99. The SMILES string of the molecule is Cc1nc2cc([O])ccc2[nH]1. The molecule has 0 aliphatic heterocycles. The molecule has 0 aliphatic carbocycles. The Hall–Kier alpha value is -1.51. The van der Waals surface area contributed by atoms with Gasteiger partial charge in [0.05, 0.1) is 11.0 Å². The van der Waals surface area contributed by atoms with Gasteiger partial charge in [0.2, 0.25) is 0 Å². The third kappa shape index (κ3) is 0.941. The maximum atomic E-state index is 10.8.